The zero-order chi connectivity index (χ0) is 15.4. The van der Waals surface area contributed by atoms with E-state index in [0.717, 1.165) is 23.9 Å². The standard InChI is InChI=1S/C16H19BClNO2/c1-15(2)16(3,4)21-17(20-15)13-8-12(10-5-6-10)11(9-19)7-14(13)18/h7-8,10H,5-6H2,1-4H3. The van der Waals surface area contributed by atoms with E-state index in [2.05, 4.69) is 6.07 Å². The first kappa shape index (κ1) is 14.9. The zero-order valence-corrected chi connectivity index (χ0v) is 13.6. The molecule has 0 N–H and O–H groups in total. The summed E-state index contributed by atoms with van der Waals surface area (Å²) in [4.78, 5) is 0. The van der Waals surface area contributed by atoms with Gasteiger partial charge in [0.05, 0.1) is 22.8 Å². The van der Waals surface area contributed by atoms with Gasteiger partial charge >= 0.3 is 7.12 Å². The Morgan fingerprint density at radius 3 is 2.24 bits per heavy atom. The van der Waals surface area contributed by atoms with Crippen molar-refractivity contribution in [1.29, 1.82) is 5.26 Å². The average Bonchev–Trinajstić information content (AvgIpc) is 3.17. The maximum atomic E-state index is 9.27. The molecule has 1 heterocycles. The van der Waals surface area contributed by atoms with E-state index in [0.29, 0.717) is 16.5 Å². The Kier molecular flexibility index (Phi) is 3.37. The Morgan fingerprint density at radius 1 is 1.19 bits per heavy atom. The van der Waals surface area contributed by atoms with Gasteiger partial charge in [0.2, 0.25) is 0 Å². The van der Waals surface area contributed by atoms with E-state index >= 15 is 0 Å². The summed E-state index contributed by atoms with van der Waals surface area (Å²) >= 11 is 6.36. The first-order valence-electron chi connectivity index (χ1n) is 7.34. The van der Waals surface area contributed by atoms with Crippen molar-refractivity contribution in [3.63, 3.8) is 0 Å². The molecule has 5 heteroatoms. The van der Waals surface area contributed by atoms with Gasteiger partial charge in [-0.3, -0.25) is 0 Å². The van der Waals surface area contributed by atoms with Gasteiger partial charge in [0, 0.05) is 10.5 Å². The van der Waals surface area contributed by atoms with Gasteiger partial charge in [-0.15, -0.1) is 0 Å². The molecule has 3 nitrogen and oxygen atoms in total. The molecular weight excluding hydrogens is 284 g/mol. The lowest BCUT2D eigenvalue weighted by Crippen LogP contribution is -2.41. The quantitative estimate of drug-likeness (QED) is 0.787. The second-order valence-electron chi connectivity index (χ2n) is 6.94. The van der Waals surface area contributed by atoms with Crippen LogP contribution in [0.1, 0.15) is 57.6 Å². The van der Waals surface area contributed by atoms with Gasteiger partial charge in [0.15, 0.2) is 0 Å². The molecule has 1 aliphatic heterocycles. The van der Waals surface area contributed by atoms with Crippen molar-refractivity contribution in [2.24, 2.45) is 0 Å². The van der Waals surface area contributed by atoms with Gasteiger partial charge in [-0.1, -0.05) is 17.7 Å². The van der Waals surface area contributed by atoms with E-state index in [4.69, 9.17) is 20.9 Å². The summed E-state index contributed by atoms with van der Waals surface area (Å²) in [5.74, 6) is 0.484. The Balaban J connectivity index is 2.00. The van der Waals surface area contributed by atoms with Gasteiger partial charge in [-0.05, 0) is 58.1 Å². The average molecular weight is 304 g/mol. The first-order chi connectivity index (χ1) is 9.75. The van der Waals surface area contributed by atoms with Crippen molar-refractivity contribution in [3.05, 3.63) is 28.3 Å². The van der Waals surface area contributed by atoms with E-state index in [1.54, 1.807) is 6.07 Å². The largest absolute Gasteiger partial charge is 0.496 e. The molecule has 1 saturated heterocycles. The summed E-state index contributed by atoms with van der Waals surface area (Å²) in [5, 5.41) is 9.81. The van der Waals surface area contributed by atoms with Crippen LogP contribution in [0.3, 0.4) is 0 Å². The fourth-order valence-corrected chi connectivity index (χ4v) is 2.84. The van der Waals surface area contributed by atoms with Crippen LogP contribution in [0.2, 0.25) is 5.02 Å². The highest BCUT2D eigenvalue weighted by atomic mass is 35.5. The fourth-order valence-electron chi connectivity index (χ4n) is 2.59. The molecule has 0 spiro atoms. The molecular formula is C16H19BClNO2. The molecule has 2 fully saturated rings. The van der Waals surface area contributed by atoms with E-state index < -0.39 is 18.3 Å². The topological polar surface area (TPSA) is 42.2 Å². The minimum atomic E-state index is -0.479. The molecule has 0 aromatic heterocycles. The maximum Gasteiger partial charge on any atom is 0.496 e. The number of hydrogen-bond acceptors (Lipinski definition) is 3. The van der Waals surface area contributed by atoms with Gasteiger partial charge in [-0.25, -0.2) is 0 Å². The third-order valence-electron chi connectivity index (χ3n) is 4.81. The molecule has 0 unspecified atom stereocenters. The van der Waals surface area contributed by atoms with Crippen molar-refractivity contribution in [2.75, 3.05) is 0 Å². The predicted octanol–water partition coefficient (Wildman–Crippen LogP) is 3.39. The molecule has 0 radical (unpaired) electrons. The number of nitrogens with zero attached hydrogens (tertiary/aromatic N) is 1. The van der Waals surface area contributed by atoms with Crippen molar-refractivity contribution in [1.82, 2.24) is 0 Å². The molecule has 0 bridgehead atoms. The van der Waals surface area contributed by atoms with Gasteiger partial charge in [0.25, 0.3) is 0 Å². The van der Waals surface area contributed by atoms with Crippen molar-refractivity contribution in [3.8, 4) is 6.07 Å². The van der Waals surface area contributed by atoms with Crippen molar-refractivity contribution < 1.29 is 9.31 Å². The summed E-state index contributed by atoms with van der Waals surface area (Å²) < 4.78 is 12.1. The van der Waals surface area contributed by atoms with Gasteiger partial charge in [-0.2, -0.15) is 5.26 Å². The Bertz CT molecular complexity index is 616. The maximum absolute atomic E-state index is 9.27. The van der Waals surface area contributed by atoms with Crippen LogP contribution in [-0.2, 0) is 9.31 Å². The fraction of sp³-hybridized carbons (Fsp3) is 0.562. The summed E-state index contributed by atoms with van der Waals surface area (Å²) in [6.07, 6.45) is 2.28. The molecule has 1 saturated carbocycles. The lowest BCUT2D eigenvalue weighted by Gasteiger charge is -2.32. The lowest BCUT2D eigenvalue weighted by atomic mass is 9.77. The normalized spacial score (nSPS) is 23.1. The Labute approximate surface area is 131 Å². The molecule has 1 aromatic carbocycles. The number of hydrogen-bond donors (Lipinski definition) is 0. The minimum Gasteiger partial charge on any atom is -0.399 e. The van der Waals surface area contributed by atoms with Crippen LogP contribution >= 0.6 is 11.6 Å². The molecule has 2 aliphatic rings. The van der Waals surface area contributed by atoms with Crippen molar-refractivity contribution >= 4 is 24.2 Å². The smallest absolute Gasteiger partial charge is 0.399 e. The number of nitriles is 1. The predicted molar refractivity (Wildman–Crippen MR) is 83.9 cm³/mol. The van der Waals surface area contributed by atoms with Crippen LogP contribution < -0.4 is 5.46 Å². The van der Waals surface area contributed by atoms with Crippen LogP contribution in [-0.4, -0.2) is 18.3 Å². The number of rotatable bonds is 2. The van der Waals surface area contributed by atoms with E-state index in [1.165, 1.54) is 0 Å². The van der Waals surface area contributed by atoms with E-state index in [9.17, 15) is 5.26 Å². The monoisotopic (exact) mass is 303 g/mol. The first-order valence-corrected chi connectivity index (χ1v) is 7.72. The highest BCUT2D eigenvalue weighted by Gasteiger charge is 2.52. The molecule has 1 aliphatic carbocycles. The Morgan fingerprint density at radius 2 is 1.76 bits per heavy atom. The van der Waals surface area contributed by atoms with Crippen LogP contribution in [0, 0.1) is 11.3 Å². The molecule has 110 valence electrons. The zero-order valence-electron chi connectivity index (χ0n) is 12.9. The second kappa shape index (κ2) is 4.74. The van der Waals surface area contributed by atoms with Crippen molar-refractivity contribution in [2.45, 2.75) is 57.7 Å². The third kappa shape index (κ3) is 2.48. The molecule has 1 aromatic rings. The van der Waals surface area contributed by atoms with E-state index in [1.807, 2.05) is 33.8 Å². The van der Waals surface area contributed by atoms with Gasteiger partial charge < -0.3 is 9.31 Å². The Hall–Kier alpha value is -1.02. The second-order valence-corrected chi connectivity index (χ2v) is 7.34. The van der Waals surface area contributed by atoms with E-state index in [-0.39, 0.29) is 0 Å². The molecule has 21 heavy (non-hydrogen) atoms. The highest BCUT2D eigenvalue weighted by Crippen LogP contribution is 2.42. The molecule has 3 rings (SSSR count). The summed E-state index contributed by atoms with van der Waals surface area (Å²) in [6, 6.07) is 5.99. The van der Waals surface area contributed by atoms with Crippen LogP contribution in [0.25, 0.3) is 0 Å². The lowest BCUT2D eigenvalue weighted by molar-refractivity contribution is 0.00578. The van der Waals surface area contributed by atoms with Crippen LogP contribution in [0.5, 0.6) is 0 Å². The van der Waals surface area contributed by atoms with Crippen LogP contribution in [0.4, 0.5) is 0 Å². The summed E-state index contributed by atoms with van der Waals surface area (Å²) in [6.45, 7) is 8.08. The van der Waals surface area contributed by atoms with Crippen LogP contribution in [0.15, 0.2) is 12.1 Å². The minimum absolute atomic E-state index is 0.394. The van der Waals surface area contributed by atoms with Gasteiger partial charge in [0.1, 0.15) is 0 Å². The number of benzene rings is 1. The SMILES string of the molecule is CC1(C)OB(c2cc(C3CC3)c(C#N)cc2Cl)OC1(C)C. The summed E-state index contributed by atoms with van der Waals surface area (Å²) in [7, 11) is -0.479. The molecule has 0 atom stereocenters. The highest BCUT2D eigenvalue weighted by molar-refractivity contribution is 6.65. The number of halogens is 1. The molecule has 0 amide bonds. The third-order valence-corrected chi connectivity index (χ3v) is 5.14. The summed E-state index contributed by atoms with van der Waals surface area (Å²) in [5.41, 5.74) is 1.79.